The first-order chi connectivity index (χ1) is 8.61. The van der Waals surface area contributed by atoms with Crippen molar-refractivity contribution in [1.82, 2.24) is 5.32 Å². The summed E-state index contributed by atoms with van der Waals surface area (Å²) in [6.07, 6.45) is 3.48. The fourth-order valence-corrected chi connectivity index (χ4v) is 2.41. The fraction of sp³-hybridized carbons (Fsp3) is 0.500. The van der Waals surface area contributed by atoms with E-state index >= 15 is 0 Å². The summed E-state index contributed by atoms with van der Waals surface area (Å²) in [5.41, 5.74) is 5.69. The number of hydrogen-bond donors (Lipinski definition) is 1. The summed E-state index contributed by atoms with van der Waals surface area (Å²) in [5.74, 6) is 0. The smallest absolute Gasteiger partial charge is 0.0402 e. The molecule has 0 spiro atoms. The molecule has 2 rings (SSSR count). The van der Waals surface area contributed by atoms with Gasteiger partial charge in [0.2, 0.25) is 0 Å². The number of rotatable bonds is 4. The third-order valence-electron chi connectivity index (χ3n) is 3.75. The molecule has 1 atom stereocenters. The molecule has 18 heavy (non-hydrogen) atoms. The Bertz CT molecular complexity index is 444. The number of hydrogen-bond acceptors (Lipinski definition) is 2. The van der Waals surface area contributed by atoms with Gasteiger partial charge in [0.15, 0.2) is 0 Å². The van der Waals surface area contributed by atoms with E-state index in [0.29, 0.717) is 6.04 Å². The van der Waals surface area contributed by atoms with Crippen molar-refractivity contribution < 1.29 is 0 Å². The summed E-state index contributed by atoms with van der Waals surface area (Å²) in [5, 5.41) is 3.30. The van der Waals surface area contributed by atoms with E-state index in [2.05, 4.69) is 55.3 Å². The number of benzene rings is 1. The Morgan fingerprint density at radius 3 is 2.89 bits per heavy atom. The number of allylic oxidation sites excluding steroid dienone is 1. The average molecular weight is 244 g/mol. The van der Waals surface area contributed by atoms with Gasteiger partial charge in [0, 0.05) is 24.8 Å². The normalized spacial score (nSPS) is 15.4. The van der Waals surface area contributed by atoms with Crippen molar-refractivity contribution in [2.75, 3.05) is 25.0 Å². The predicted molar refractivity (Wildman–Crippen MR) is 79.3 cm³/mol. The Kier molecular flexibility index (Phi) is 4.07. The third kappa shape index (κ3) is 2.75. The Morgan fingerprint density at radius 1 is 1.44 bits per heavy atom. The van der Waals surface area contributed by atoms with Crippen LogP contribution in [0.2, 0.25) is 0 Å². The molecule has 1 unspecified atom stereocenters. The zero-order valence-electron chi connectivity index (χ0n) is 12.0. The van der Waals surface area contributed by atoms with Crippen LogP contribution in [0.25, 0.3) is 0 Å². The quantitative estimate of drug-likeness (QED) is 0.818. The standard InChI is InChI=1S/C16H24N2/c1-12(2)7-9-18-10-8-15-11-14(13(3)17-4)5-6-16(15)18/h5-7,11,13,17H,8-10H2,1-4H3. The molecule has 1 heterocycles. The molecular formula is C16H24N2. The molecule has 1 aromatic rings. The van der Waals surface area contributed by atoms with Gasteiger partial charge < -0.3 is 10.2 Å². The molecular weight excluding hydrogens is 220 g/mol. The fourth-order valence-electron chi connectivity index (χ4n) is 2.41. The first-order valence-electron chi connectivity index (χ1n) is 6.80. The predicted octanol–water partition coefficient (Wildman–Crippen LogP) is 3.30. The second-order valence-corrected chi connectivity index (χ2v) is 5.38. The lowest BCUT2D eigenvalue weighted by molar-refractivity contribution is 0.652. The van der Waals surface area contributed by atoms with E-state index in [4.69, 9.17) is 0 Å². The lowest BCUT2D eigenvalue weighted by atomic mass is 10.0. The Labute approximate surface area is 111 Å². The Morgan fingerprint density at radius 2 is 2.22 bits per heavy atom. The molecule has 1 aromatic carbocycles. The van der Waals surface area contributed by atoms with E-state index < -0.39 is 0 Å². The number of fused-ring (bicyclic) bond motifs is 1. The van der Waals surface area contributed by atoms with Crippen LogP contribution in [0, 0.1) is 0 Å². The van der Waals surface area contributed by atoms with Gasteiger partial charge in [0.1, 0.15) is 0 Å². The van der Waals surface area contributed by atoms with E-state index in [1.807, 2.05) is 7.05 Å². The minimum atomic E-state index is 0.433. The molecule has 0 saturated carbocycles. The molecule has 1 N–H and O–H groups in total. The van der Waals surface area contributed by atoms with E-state index in [1.165, 1.54) is 28.8 Å². The maximum absolute atomic E-state index is 3.30. The lowest BCUT2D eigenvalue weighted by Crippen LogP contribution is -2.20. The zero-order chi connectivity index (χ0) is 13.1. The van der Waals surface area contributed by atoms with Crippen LogP contribution >= 0.6 is 0 Å². The molecule has 2 heteroatoms. The molecule has 0 amide bonds. The van der Waals surface area contributed by atoms with Crippen LogP contribution in [0.5, 0.6) is 0 Å². The van der Waals surface area contributed by atoms with Gasteiger partial charge >= 0.3 is 0 Å². The molecule has 1 aliphatic rings. The van der Waals surface area contributed by atoms with Crippen LogP contribution in [0.4, 0.5) is 5.69 Å². The van der Waals surface area contributed by atoms with Crippen molar-refractivity contribution in [2.45, 2.75) is 33.2 Å². The molecule has 0 saturated heterocycles. The summed E-state index contributed by atoms with van der Waals surface area (Å²) in [6.45, 7) is 8.72. The topological polar surface area (TPSA) is 15.3 Å². The zero-order valence-corrected chi connectivity index (χ0v) is 12.0. The van der Waals surface area contributed by atoms with Crippen LogP contribution in [0.15, 0.2) is 29.8 Å². The van der Waals surface area contributed by atoms with Gasteiger partial charge in [-0.1, -0.05) is 23.8 Å². The minimum absolute atomic E-state index is 0.433. The Balaban J connectivity index is 2.17. The first-order valence-corrected chi connectivity index (χ1v) is 6.80. The first kappa shape index (κ1) is 13.2. The van der Waals surface area contributed by atoms with Crippen molar-refractivity contribution in [3.63, 3.8) is 0 Å². The summed E-state index contributed by atoms with van der Waals surface area (Å²) in [6, 6.07) is 7.33. The van der Waals surface area contributed by atoms with E-state index in [0.717, 1.165) is 13.1 Å². The highest BCUT2D eigenvalue weighted by molar-refractivity contribution is 5.59. The summed E-state index contributed by atoms with van der Waals surface area (Å²) in [4.78, 5) is 2.47. The van der Waals surface area contributed by atoms with Crippen molar-refractivity contribution >= 4 is 5.69 Å². The lowest BCUT2D eigenvalue weighted by Gasteiger charge is -2.18. The van der Waals surface area contributed by atoms with Gasteiger partial charge in [-0.05, 0) is 51.4 Å². The van der Waals surface area contributed by atoms with E-state index in [-0.39, 0.29) is 0 Å². The largest absolute Gasteiger partial charge is 0.367 e. The number of nitrogens with zero attached hydrogens (tertiary/aromatic N) is 1. The summed E-state index contributed by atoms with van der Waals surface area (Å²) >= 11 is 0. The summed E-state index contributed by atoms with van der Waals surface area (Å²) in [7, 11) is 2.01. The maximum atomic E-state index is 3.30. The van der Waals surface area contributed by atoms with Gasteiger partial charge in [-0.25, -0.2) is 0 Å². The van der Waals surface area contributed by atoms with E-state index in [1.54, 1.807) is 0 Å². The monoisotopic (exact) mass is 244 g/mol. The van der Waals surface area contributed by atoms with Crippen LogP contribution in [-0.2, 0) is 6.42 Å². The average Bonchev–Trinajstić information content (AvgIpc) is 2.77. The molecule has 0 radical (unpaired) electrons. The second-order valence-electron chi connectivity index (χ2n) is 5.38. The van der Waals surface area contributed by atoms with Crippen molar-refractivity contribution in [3.05, 3.63) is 41.0 Å². The van der Waals surface area contributed by atoms with Crippen molar-refractivity contribution in [3.8, 4) is 0 Å². The summed E-state index contributed by atoms with van der Waals surface area (Å²) < 4.78 is 0. The highest BCUT2D eigenvalue weighted by Crippen LogP contribution is 2.30. The van der Waals surface area contributed by atoms with Crippen molar-refractivity contribution in [1.29, 1.82) is 0 Å². The van der Waals surface area contributed by atoms with Gasteiger partial charge in [0.05, 0.1) is 0 Å². The van der Waals surface area contributed by atoms with Gasteiger partial charge in [-0.2, -0.15) is 0 Å². The van der Waals surface area contributed by atoms with Crippen LogP contribution in [0.1, 0.15) is 37.9 Å². The van der Waals surface area contributed by atoms with Gasteiger partial charge in [-0.3, -0.25) is 0 Å². The second kappa shape index (κ2) is 5.57. The van der Waals surface area contributed by atoms with Gasteiger partial charge in [0.25, 0.3) is 0 Å². The Hall–Kier alpha value is -1.28. The SMILES string of the molecule is CNC(C)c1ccc2c(c1)CCN2CC=C(C)C. The van der Waals surface area contributed by atoms with Crippen LogP contribution in [0.3, 0.4) is 0 Å². The van der Waals surface area contributed by atoms with Crippen LogP contribution in [-0.4, -0.2) is 20.1 Å². The molecule has 0 fully saturated rings. The third-order valence-corrected chi connectivity index (χ3v) is 3.75. The van der Waals surface area contributed by atoms with Crippen molar-refractivity contribution in [2.24, 2.45) is 0 Å². The highest BCUT2D eigenvalue weighted by atomic mass is 15.1. The molecule has 0 aromatic heterocycles. The molecule has 98 valence electrons. The molecule has 1 aliphatic heterocycles. The molecule has 0 bridgehead atoms. The number of nitrogens with one attached hydrogen (secondary N) is 1. The minimum Gasteiger partial charge on any atom is -0.367 e. The van der Waals surface area contributed by atoms with Gasteiger partial charge in [-0.15, -0.1) is 0 Å². The number of anilines is 1. The molecule has 0 aliphatic carbocycles. The van der Waals surface area contributed by atoms with E-state index in [9.17, 15) is 0 Å². The maximum Gasteiger partial charge on any atom is 0.0402 e. The molecule has 2 nitrogen and oxygen atoms in total. The van der Waals surface area contributed by atoms with Crippen LogP contribution < -0.4 is 10.2 Å². The highest BCUT2D eigenvalue weighted by Gasteiger charge is 2.18.